The summed E-state index contributed by atoms with van der Waals surface area (Å²) in [5, 5.41) is 25.9. The van der Waals surface area contributed by atoms with Gasteiger partial charge in [0.25, 0.3) is 0 Å². The molecular formula is C26H32Cl2F2N4O2. The van der Waals surface area contributed by atoms with Gasteiger partial charge in [-0.05, 0) is 92.3 Å². The van der Waals surface area contributed by atoms with E-state index in [-0.39, 0.29) is 25.7 Å². The summed E-state index contributed by atoms with van der Waals surface area (Å²) in [6.07, 6.45) is 1.02. The number of nitrogens with zero attached hydrogens (tertiary/aromatic N) is 3. The van der Waals surface area contributed by atoms with Crippen LogP contribution >= 0.6 is 23.2 Å². The maximum atomic E-state index is 13.2. The normalized spacial score (nSPS) is 29.8. The SMILES string of the molecule is NC(c1cccc(Cl)c1)C1(O)CCC(F)CC1.[N-]=[N+]=NC(c1cccc(Cl)c1)C1(O)CCC(F)CC1. The summed E-state index contributed by atoms with van der Waals surface area (Å²) < 4.78 is 26.3. The fourth-order valence-corrected chi connectivity index (χ4v) is 5.37. The lowest BCUT2D eigenvalue weighted by atomic mass is 9.76. The zero-order chi connectivity index (χ0) is 26.3. The van der Waals surface area contributed by atoms with E-state index in [4.69, 9.17) is 34.5 Å². The summed E-state index contributed by atoms with van der Waals surface area (Å²) in [6.45, 7) is 0. The third-order valence-corrected chi connectivity index (χ3v) is 7.66. The Morgan fingerprint density at radius 1 is 0.861 bits per heavy atom. The van der Waals surface area contributed by atoms with Crippen LogP contribution in [0.15, 0.2) is 53.6 Å². The molecule has 2 saturated carbocycles. The minimum absolute atomic E-state index is 0.282. The van der Waals surface area contributed by atoms with Crippen LogP contribution in [0.5, 0.6) is 0 Å². The van der Waals surface area contributed by atoms with E-state index < -0.39 is 35.6 Å². The Morgan fingerprint density at radius 2 is 1.31 bits per heavy atom. The van der Waals surface area contributed by atoms with Crippen LogP contribution in [-0.2, 0) is 0 Å². The van der Waals surface area contributed by atoms with E-state index in [1.807, 2.05) is 12.1 Å². The molecule has 2 aliphatic rings. The number of aliphatic hydroxyl groups is 2. The van der Waals surface area contributed by atoms with E-state index in [1.165, 1.54) is 0 Å². The van der Waals surface area contributed by atoms with Crippen molar-refractivity contribution in [1.29, 1.82) is 0 Å². The minimum atomic E-state index is -1.19. The molecule has 2 aromatic rings. The summed E-state index contributed by atoms with van der Waals surface area (Å²) in [5.74, 6) is 0. The predicted octanol–water partition coefficient (Wildman–Crippen LogP) is 7.32. The lowest BCUT2D eigenvalue weighted by Gasteiger charge is -2.38. The Balaban J connectivity index is 0.000000202. The number of alkyl halides is 2. The average molecular weight is 541 g/mol. The number of nitrogens with two attached hydrogens (primary N) is 1. The summed E-state index contributed by atoms with van der Waals surface area (Å²) in [5.41, 5.74) is 14.1. The molecule has 0 heterocycles. The van der Waals surface area contributed by atoms with Gasteiger partial charge in [-0.2, -0.15) is 0 Å². The molecule has 36 heavy (non-hydrogen) atoms. The van der Waals surface area contributed by atoms with Crippen LogP contribution in [-0.4, -0.2) is 33.8 Å². The highest BCUT2D eigenvalue weighted by Crippen LogP contribution is 2.42. The van der Waals surface area contributed by atoms with Gasteiger partial charge < -0.3 is 15.9 Å². The largest absolute Gasteiger partial charge is 0.389 e. The summed E-state index contributed by atoms with van der Waals surface area (Å²) in [4.78, 5) is 2.81. The Bertz CT molecular complexity index is 1050. The van der Waals surface area contributed by atoms with Gasteiger partial charge in [-0.1, -0.05) is 52.6 Å². The van der Waals surface area contributed by atoms with Crippen LogP contribution in [0.2, 0.25) is 10.0 Å². The predicted molar refractivity (Wildman–Crippen MR) is 138 cm³/mol. The van der Waals surface area contributed by atoms with Gasteiger partial charge in [0.15, 0.2) is 0 Å². The first-order valence-corrected chi connectivity index (χ1v) is 12.9. The van der Waals surface area contributed by atoms with Crippen molar-refractivity contribution in [3.8, 4) is 0 Å². The molecule has 4 rings (SSSR count). The molecule has 2 aromatic carbocycles. The van der Waals surface area contributed by atoms with Gasteiger partial charge in [-0.15, -0.1) is 0 Å². The third kappa shape index (κ3) is 7.31. The lowest BCUT2D eigenvalue weighted by Crippen LogP contribution is -2.44. The summed E-state index contributed by atoms with van der Waals surface area (Å²) in [7, 11) is 0. The molecule has 4 N–H and O–H groups in total. The van der Waals surface area contributed by atoms with E-state index in [0.717, 1.165) is 5.56 Å². The molecule has 0 bridgehead atoms. The molecule has 6 nitrogen and oxygen atoms in total. The lowest BCUT2D eigenvalue weighted by molar-refractivity contribution is -0.0364. The number of benzene rings is 2. The number of halogens is 4. The molecule has 2 atom stereocenters. The highest BCUT2D eigenvalue weighted by atomic mass is 35.5. The monoisotopic (exact) mass is 540 g/mol. The van der Waals surface area contributed by atoms with Crippen molar-refractivity contribution in [2.24, 2.45) is 10.8 Å². The molecule has 0 amide bonds. The second-order valence-corrected chi connectivity index (χ2v) is 10.6. The zero-order valence-corrected chi connectivity index (χ0v) is 21.4. The first-order chi connectivity index (χ1) is 17.1. The highest BCUT2D eigenvalue weighted by Gasteiger charge is 2.41. The molecular weight excluding hydrogens is 509 g/mol. The zero-order valence-electron chi connectivity index (χ0n) is 19.9. The molecule has 2 unspecified atom stereocenters. The molecule has 196 valence electrons. The molecule has 0 radical (unpaired) electrons. The van der Waals surface area contributed by atoms with Crippen molar-refractivity contribution >= 4 is 23.2 Å². The fourth-order valence-electron chi connectivity index (χ4n) is 4.97. The second-order valence-electron chi connectivity index (χ2n) is 9.75. The van der Waals surface area contributed by atoms with E-state index >= 15 is 0 Å². The standard InChI is InChI=1S/C13H15ClFN3O.C13H17ClFNO/c14-10-3-1-2-9(8-10)12(17-18-16)13(19)6-4-11(15)5-7-13;14-10-3-1-2-9(8-10)12(16)13(17)6-4-11(15)5-7-13/h1-3,8,11-12,19H,4-7H2;1-3,8,11-12,17H,4-7,16H2. The number of hydrogen-bond acceptors (Lipinski definition) is 4. The molecule has 2 fully saturated rings. The summed E-state index contributed by atoms with van der Waals surface area (Å²) >= 11 is 11.8. The van der Waals surface area contributed by atoms with Gasteiger partial charge in [0.05, 0.1) is 23.3 Å². The molecule has 0 spiro atoms. The quantitative estimate of drug-likeness (QED) is 0.209. The number of rotatable bonds is 5. The molecule has 2 aliphatic carbocycles. The summed E-state index contributed by atoms with van der Waals surface area (Å²) in [6, 6.07) is 12.8. The van der Waals surface area contributed by atoms with E-state index in [2.05, 4.69) is 10.0 Å². The van der Waals surface area contributed by atoms with Crippen LogP contribution in [0, 0.1) is 0 Å². The Kier molecular flexibility index (Phi) is 9.98. The van der Waals surface area contributed by atoms with Gasteiger partial charge in [0.1, 0.15) is 12.3 Å². The van der Waals surface area contributed by atoms with E-state index in [1.54, 1.807) is 36.4 Å². The topological polar surface area (TPSA) is 115 Å². The molecule has 0 saturated heterocycles. The maximum absolute atomic E-state index is 13.2. The first kappa shape index (κ1) is 28.6. The molecule has 0 aromatic heterocycles. The van der Waals surface area contributed by atoms with Crippen molar-refractivity contribution < 1.29 is 19.0 Å². The third-order valence-electron chi connectivity index (χ3n) is 7.19. The van der Waals surface area contributed by atoms with Crippen molar-refractivity contribution in [3.63, 3.8) is 0 Å². The fraction of sp³-hybridized carbons (Fsp3) is 0.538. The van der Waals surface area contributed by atoms with Crippen molar-refractivity contribution in [3.05, 3.63) is 80.1 Å². The van der Waals surface area contributed by atoms with Gasteiger partial charge >= 0.3 is 0 Å². The van der Waals surface area contributed by atoms with Crippen molar-refractivity contribution in [2.75, 3.05) is 0 Å². The van der Waals surface area contributed by atoms with Gasteiger partial charge in [0, 0.05) is 15.0 Å². The smallest absolute Gasteiger partial charge is 0.100 e. The van der Waals surface area contributed by atoms with E-state index in [0.29, 0.717) is 41.3 Å². The Labute approximate surface area is 220 Å². The number of hydrogen-bond donors (Lipinski definition) is 3. The van der Waals surface area contributed by atoms with Crippen LogP contribution in [0.25, 0.3) is 10.4 Å². The minimum Gasteiger partial charge on any atom is -0.389 e. The Morgan fingerprint density at radius 3 is 1.78 bits per heavy atom. The van der Waals surface area contributed by atoms with Crippen LogP contribution in [0.4, 0.5) is 8.78 Å². The van der Waals surface area contributed by atoms with Crippen molar-refractivity contribution in [2.45, 2.75) is 87.0 Å². The van der Waals surface area contributed by atoms with Gasteiger partial charge in [0.2, 0.25) is 0 Å². The second kappa shape index (κ2) is 12.5. The van der Waals surface area contributed by atoms with Crippen LogP contribution in [0.1, 0.15) is 74.6 Å². The Hall–Kier alpha value is -1.93. The van der Waals surface area contributed by atoms with Crippen LogP contribution in [0.3, 0.4) is 0 Å². The first-order valence-electron chi connectivity index (χ1n) is 12.1. The van der Waals surface area contributed by atoms with Crippen LogP contribution < -0.4 is 5.73 Å². The molecule has 0 aliphatic heterocycles. The average Bonchev–Trinajstić information content (AvgIpc) is 2.86. The highest BCUT2D eigenvalue weighted by molar-refractivity contribution is 6.30. The molecule has 10 heteroatoms. The van der Waals surface area contributed by atoms with E-state index in [9.17, 15) is 19.0 Å². The van der Waals surface area contributed by atoms with Gasteiger partial charge in [-0.25, -0.2) is 8.78 Å². The van der Waals surface area contributed by atoms with Gasteiger partial charge in [-0.3, -0.25) is 0 Å². The number of azide groups is 1. The maximum Gasteiger partial charge on any atom is 0.100 e. The van der Waals surface area contributed by atoms with Crippen molar-refractivity contribution in [1.82, 2.24) is 0 Å².